The first-order valence-electron chi connectivity index (χ1n) is 12.0. The number of aliphatic imine (C=N–C) groups is 1. The molecule has 3 rings (SSSR count). The lowest BCUT2D eigenvalue weighted by atomic mass is 9.95. The van der Waals surface area contributed by atoms with Crippen LogP contribution in [-0.2, 0) is 4.79 Å². The topological polar surface area (TPSA) is 56.7 Å². The van der Waals surface area contributed by atoms with E-state index in [-0.39, 0.29) is 11.9 Å². The molecule has 0 bridgehead atoms. The molecule has 1 unspecified atom stereocenters. The van der Waals surface area contributed by atoms with Crippen molar-refractivity contribution in [3.05, 3.63) is 53.9 Å². The van der Waals surface area contributed by atoms with Crippen molar-refractivity contribution in [1.29, 1.82) is 0 Å². The average Bonchev–Trinajstić information content (AvgIpc) is 2.75. The summed E-state index contributed by atoms with van der Waals surface area (Å²) < 4.78 is 0. The van der Waals surface area contributed by atoms with Crippen LogP contribution in [0.3, 0.4) is 0 Å². The molecule has 5 heteroatoms. The molecule has 5 nitrogen and oxygen atoms in total. The number of benzene rings is 1. The van der Waals surface area contributed by atoms with E-state index in [1.165, 1.54) is 6.42 Å². The van der Waals surface area contributed by atoms with Gasteiger partial charge in [0, 0.05) is 29.1 Å². The fourth-order valence-electron chi connectivity index (χ4n) is 4.00. The first-order chi connectivity index (χ1) is 15.4. The Morgan fingerprint density at radius 2 is 1.91 bits per heavy atom. The quantitative estimate of drug-likeness (QED) is 0.499. The molecular weight excluding hydrogens is 396 g/mol. The summed E-state index contributed by atoms with van der Waals surface area (Å²) >= 11 is 0. The van der Waals surface area contributed by atoms with E-state index in [9.17, 15) is 4.79 Å². The van der Waals surface area contributed by atoms with Crippen molar-refractivity contribution >= 4 is 28.8 Å². The molecule has 1 atom stereocenters. The zero-order valence-electron chi connectivity index (χ0n) is 20.7. The van der Waals surface area contributed by atoms with Crippen LogP contribution in [0.25, 0.3) is 5.70 Å². The van der Waals surface area contributed by atoms with E-state index >= 15 is 0 Å². The lowest BCUT2D eigenvalue weighted by Gasteiger charge is -2.41. The summed E-state index contributed by atoms with van der Waals surface area (Å²) in [4.78, 5) is 19.3. The Hall–Kier alpha value is -2.82. The number of fused-ring (bicyclic) bond motifs is 1. The van der Waals surface area contributed by atoms with E-state index in [2.05, 4.69) is 87.9 Å². The van der Waals surface area contributed by atoms with Gasteiger partial charge >= 0.3 is 0 Å². The summed E-state index contributed by atoms with van der Waals surface area (Å²) in [6.07, 6.45) is 9.58. The summed E-state index contributed by atoms with van der Waals surface area (Å²) in [5.74, 6) is 1.04. The van der Waals surface area contributed by atoms with Crippen molar-refractivity contribution in [3.63, 3.8) is 0 Å². The lowest BCUT2D eigenvalue weighted by Crippen LogP contribution is -2.48. The fraction of sp³-hybridized carbons (Fsp3) is 0.481. The van der Waals surface area contributed by atoms with Crippen LogP contribution in [0.4, 0.5) is 11.4 Å². The second-order valence-corrected chi connectivity index (χ2v) is 8.19. The predicted octanol–water partition coefficient (Wildman–Crippen LogP) is 7.13. The minimum Gasteiger partial charge on any atom is -0.359 e. The zero-order chi connectivity index (χ0) is 23.7. The number of nitrogens with zero attached hydrogens (tertiary/aromatic N) is 2. The molecule has 1 aromatic rings. The third kappa shape index (κ3) is 5.90. The minimum absolute atomic E-state index is 0.0739. The van der Waals surface area contributed by atoms with Crippen LogP contribution in [0.1, 0.15) is 85.6 Å². The molecule has 0 radical (unpaired) electrons. The second-order valence-electron chi connectivity index (χ2n) is 8.19. The Kier molecular flexibility index (Phi) is 9.76. The summed E-state index contributed by atoms with van der Waals surface area (Å²) in [5.41, 5.74) is 6.19. The van der Waals surface area contributed by atoms with Gasteiger partial charge in [-0.1, -0.05) is 65.8 Å². The van der Waals surface area contributed by atoms with Crippen LogP contribution >= 0.6 is 0 Å². The molecule has 1 saturated heterocycles. The van der Waals surface area contributed by atoms with Crippen molar-refractivity contribution in [2.75, 3.05) is 5.32 Å². The smallest absolute Gasteiger partial charge is 0.224 e. The van der Waals surface area contributed by atoms with Crippen LogP contribution in [0.15, 0.2) is 53.3 Å². The molecule has 1 aromatic carbocycles. The van der Waals surface area contributed by atoms with Crippen LogP contribution in [-0.4, -0.2) is 22.7 Å². The SMILES string of the molecule is C=C(CC)Nc1cccc2c1/C(=C\CC)N(C1CCC(=O)N/C1=C/CC)C(C)=N2.CCC. The van der Waals surface area contributed by atoms with Gasteiger partial charge in [-0.15, -0.1) is 0 Å². The maximum Gasteiger partial charge on any atom is 0.224 e. The second kappa shape index (κ2) is 12.3. The van der Waals surface area contributed by atoms with E-state index in [4.69, 9.17) is 4.99 Å². The molecule has 1 amide bonds. The molecule has 2 aliphatic rings. The number of amides is 1. The van der Waals surface area contributed by atoms with Gasteiger partial charge in [0.05, 0.1) is 17.4 Å². The van der Waals surface area contributed by atoms with Gasteiger partial charge in [0.1, 0.15) is 5.84 Å². The van der Waals surface area contributed by atoms with Crippen molar-refractivity contribution < 1.29 is 4.79 Å². The summed E-state index contributed by atoms with van der Waals surface area (Å²) in [5, 5.41) is 6.57. The Bertz CT molecular complexity index is 910. The Morgan fingerprint density at radius 1 is 1.22 bits per heavy atom. The molecule has 174 valence electrons. The van der Waals surface area contributed by atoms with Gasteiger partial charge in [0.2, 0.25) is 5.91 Å². The predicted molar refractivity (Wildman–Crippen MR) is 138 cm³/mol. The van der Waals surface area contributed by atoms with Gasteiger partial charge in [-0.3, -0.25) is 4.79 Å². The van der Waals surface area contributed by atoms with E-state index in [1.807, 2.05) is 6.07 Å². The number of amidine groups is 1. The van der Waals surface area contributed by atoms with Crippen LogP contribution in [0, 0.1) is 0 Å². The monoisotopic (exact) mass is 436 g/mol. The van der Waals surface area contributed by atoms with Gasteiger partial charge in [0.25, 0.3) is 0 Å². The minimum atomic E-state index is 0.0739. The number of nitrogens with one attached hydrogen (secondary N) is 2. The van der Waals surface area contributed by atoms with Crippen molar-refractivity contribution in [2.24, 2.45) is 4.99 Å². The third-order valence-corrected chi connectivity index (χ3v) is 5.35. The number of hydrogen-bond acceptors (Lipinski definition) is 4. The van der Waals surface area contributed by atoms with E-state index in [0.717, 1.165) is 65.5 Å². The molecule has 32 heavy (non-hydrogen) atoms. The van der Waals surface area contributed by atoms with Gasteiger partial charge in [0.15, 0.2) is 0 Å². The largest absolute Gasteiger partial charge is 0.359 e. The molecule has 0 saturated carbocycles. The Balaban J connectivity index is 0.00000114. The molecule has 2 aliphatic heterocycles. The molecule has 0 aromatic heterocycles. The van der Waals surface area contributed by atoms with Crippen molar-refractivity contribution in [1.82, 2.24) is 10.2 Å². The maximum absolute atomic E-state index is 12.0. The highest BCUT2D eigenvalue weighted by Gasteiger charge is 2.35. The Labute approximate surface area is 194 Å². The van der Waals surface area contributed by atoms with E-state index in [1.54, 1.807) is 0 Å². The van der Waals surface area contributed by atoms with Crippen molar-refractivity contribution in [3.8, 4) is 0 Å². The molecule has 0 aliphatic carbocycles. The maximum atomic E-state index is 12.0. The number of rotatable bonds is 6. The number of piperidine rings is 1. The molecule has 0 spiro atoms. The zero-order valence-corrected chi connectivity index (χ0v) is 20.7. The van der Waals surface area contributed by atoms with Gasteiger partial charge in [-0.05, 0) is 44.7 Å². The highest BCUT2D eigenvalue weighted by Crippen LogP contribution is 2.42. The molecule has 1 fully saturated rings. The molecular formula is C27H40N4O. The van der Waals surface area contributed by atoms with Crippen molar-refractivity contribution in [2.45, 2.75) is 86.1 Å². The normalized spacial score (nSPS) is 20.2. The third-order valence-electron chi connectivity index (χ3n) is 5.35. The number of allylic oxidation sites excluding steroid dienone is 3. The first kappa shape index (κ1) is 25.4. The molecule has 2 heterocycles. The first-order valence-corrected chi connectivity index (χ1v) is 12.0. The molecule has 2 N–H and O–H groups in total. The standard InChI is InChI=1S/C24H32N4O.C3H8/c1-6-10-18-21(14-15-23(29)27-18)28-17(5)26-20-13-9-12-19(25-16(4)8-3)24(20)22(28)11-7-2;1-3-2/h9-13,21,25H,4,6-8,14-15H2,1-3,5H3,(H,27,29);3H2,1-2H3/b18-10+,22-11+;. The van der Waals surface area contributed by atoms with Gasteiger partial charge < -0.3 is 15.5 Å². The lowest BCUT2D eigenvalue weighted by molar-refractivity contribution is -0.121. The van der Waals surface area contributed by atoms with Crippen LogP contribution < -0.4 is 10.6 Å². The summed E-state index contributed by atoms with van der Waals surface area (Å²) in [7, 11) is 0. The summed E-state index contributed by atoms with van der Waals surface area (Å²) in [6, 6.07) is 6.25. The fourth-order valence-corrected chi connectivity index (χ4v) is 4.00. The number of anilines is 1. The Morgan fingerprint density at radius 3 is 2.53 bits per heavy atom. The number of carbonyl (C=O) groups is 1. The van der Waals surface area contributed by atoms with Crippen LogP contribution in [0.5, 0.6) is 0 Å². The number of carbonyl (C=O) groups excluding carboxylic acids is 1. The summed E-state index contributed by atoms with van der Waals surface area (Å²) in [6.45, 7) is 16.8. The van der Waals surface area contributed by atoms with E-state index in [0.29, 0.717) is 6.42 Å². The van der Waals surface area contributed by atoms with E-state index < -0.39 is 0 Å². The van der Waals surface area contributed by atoms with Gasteiger partial charge in [-0.25, -0.2) is 4.99 Å². The average molecular weight is 437 g/mol. The van der Waals surface area contributed by atoms with Gasteiger partial charge in [-0.2, -0.15) is 0 Å². The highest BCUT2D eigenvalue weighted by molar-refractivity contribution is 6.00. The number of hydrogen-bond donors (Lipinski definition) is 2. The highest BCUT2D eigenvalue weighted by atomic mass is 16.1. The van der Waals surface area contributed by atoms with Crippen LogP contribution in [0.2, 0.25) is 0 Å².